The Kier molecular flexibility index (Phi) is 5.77. The Bertz CT molecular complexity index is 1340. The molecular formula is C23H20ClN3O4. The number of nitrogens with zero attached hydrogens (tertiary/aromatic N) is 3. The van der Waals surface area contributed by atoms with Crippen molar-refractivity contribution in [2.24, 2.45) is 0 Å². The second-order valence-electron chi connectivity index (χ2n) is 6.98. The lowest BCUT2D eigenvalue weighted by Gasteiger charge is -2.15. The van der Waals surface area contributed by atoms with Crippen LogP contribution in [-0.2, 0) is 13.1 Å². The van der Waals surface area contributed by atoms with Gasteiger partial charge in [-0.1, -0.05) is 23.7 Å². The van der Waals surface area contributed by atoms with Gasteiger partial charge in [0.25, 0.3) is 5.56 Å². The van der Waals surface area contributed by atoms with Gasteiger partial charge in [0.1, 0.15) is 11.5 Å². The summed E-state index contributed by atoms with van der Waals surface area (Å²) >= 11 is 5.96. The van der Waals surface area contributed by atoms with E-state index in [-0.39, 0.29) is 18.6 Å². The zero-order chi connectivity index (χ0) is 22.0. The number of hydrogen-bond donors (Lipinski definition) is 0. The molecule has 7 nitrogen and oxygen atoms in total. The van der Waals surface area contributed by atoms with Crippen LogP contribution in [-0.4, -0.2) is 28.3 Å². The zero-order valence-corrected chi connectivity index (χ0v) is 17.8. The quantitative estimate of drug-likeness (QED) is 0.462. The third-order valence-electron chi connectivity index (χ3n) is 4.99. The number of fused-ring (bicyclic) bond motifs is 1. The molecule has 31 heavy (non-hydrogen) atoms. The van der Waals surface area contributed by atoms with Crippen LogP contribution in [0.2, 0.25) is 5.02 Å². The molecule has 0 spiro atoms. The fourth-order valence-corrected chi connectivity index (χ4v) is 3.57. The van der Waals surface area contributed by atoms with E-state index in [2.05, 4.69) is 4.98 Å². The lowest BCUT2D eigenvalue weighted by molar-refractivity contribution is 0.393. The molecular weight excluding hydrogens is 418 g/mol. The van der Waals surface area contributed by atoms with Gasteiger partial charge in [0.15, 0.2) is 5.52 Å². The van der Waals surface area contributed by atoms with Crippen LogP contribution in [0.3, 0.4) is 0 Å². The van der Waals surface area contributed by atoms with Gasteiger partial charge in [-0.05, 0) is 47.5 Å². The van der Waals surface area contributed by atoms with Crippen LogP contribution in [0.4, 0.5) is 0 Å². The molecule has 158 valence electrons. The maximum Gasteiger partial charge on any atom is 0.332 e. The molecule has 2 aromatic heterocycles. The van der Waals surface area contributed by atoms with Crippen molar-refractivity contribution < 1.29 is 9.47 Å². The van der Waals surface area contributed by atoms with Crippen LogP contribution in [0.5, 0.6) is 11.5 Å². The van der Waals surface area contributed by atoms with Gasteiger partial charge in [0.2, 0.25) is 0 Å². The van der Waals surface area contributed by atoms with Crippen molar-refractivity contribution in [3.63, 3.8) is 0 Å². The predicted molar refractivity (Wildman–Crippen MR) is 119 cm³/mol. The van der Waals surface area contributed by atoms with Gasteiger partial charge >= 0.3 is 5.69 Å². The molecule has 0 saturated heterocycles. The molecule has 0 fully saturated rings. The molecule has 0 saturated carbocycles. The van der Waals surface area contributed by atoms with E-state index >= 15 is 0 Å². The summed E-state index contributed by atoms with van der Waals surface area (Å²) in [6, 6.07) is 15.8. The summed E-state index contributed by atoms with van der Waals surface area (Å²) in [5.74, 6) is 1.22. The Morgan fingerprint density at radius 3 is 2.16 bits per heavy atom. The minimum absolute atomic E-state index is 0.114. The maximum absolute atomic E-state index is 13.4. The summed E-state index contributed by atoms with van der Waals surface area (Å²) in [5, 5.41) is 0.584. The average Bonchev–Trinajstić information content (AvgIpc) is 2.80. The van der Waals surface area contributed by atoms with Crippen LogP contribution in [0.1, 0.15) is 11.1 Å². The monoisotopic (exact) mass is 437 g/mol. The molecule has 2 heterocycles. The van der Waals surface area contributed by atoms with Gasteiger partial charge in [-0.15, -0.1) is 0 Å². The fourth-order valence-electron chi connectivity index (χ4n) is 3.45. The molecule has 0 bridgehead atoms. The first-order valence-electron chi connectivity index (χ1n) is 9.55. The van der Waals surface area contributed by atoms with Crippen LogP contribution < -0.4 is 20.7 Å². The van der Waals surface area contributed by atoms with Crippen molar-refractivity contribution in [1.82, 2.24) is 14.1 Å². The smallest absolute Gasteiger partial charge is 0.332 e. The summed E-state index contributed by atoms with van der Waals surface area (Å²) in [7, 11) is 3.13. The summed E-state index contributed by atoms with van der Waals surface area (Å²) in [6.45, 7) is 0.332. The lowest BCUT2D eigenvalue weighted by atomic mass is 10.2. The second-order valence-corrected chi connectivity index (χ2v) is 7.41. The topological polar surface area (TPSA) is 75.4 Å². The molecule has 0 atom stereocenters. The van der Waals surface area contributed by atoms with E-state index in [4.69, 9.17) is 21.1 Å². The van der Waals surface area contributed by atoms with Gasteiger partial charge in [-0.25, -0.2) is 9.78 Å². The predicted octanol–water partition coefficient (Wildman–Crippen LogP) is 3.33. The average molecular weight is 438 g/mol. The van der Waals surface area contributed by atoms with E-state index in [1.54, 1.807) is 62.9 Å². The third-order valence-corrected chi connectivity index (χ3v) is 5.24. The van der Waals surface area contributed by atoms with Crippen molar-refractivity contribution in [1.29, 1.82) is 0 Å². The molecule has 0 N–H and O–H groups in total. The Balaban J connectivity index is 1.88. The van der Waals surface area contributed by atoms with Crippen LogP contribution in [0.25, 0.3) is 11.0 Å². The standard InChI is InChI=1S/C23H20ClN3O4/c1-30-18-10-16(11-19(12-18)31-2)14-26-20-4-3-9-25-21(20)22(28)27(23(26)29)13-15-5-7-17(24)8-6-15/h3-12H,13-14H2,1-2H3. The molecule has 4 rings (SSSR count). The van der Waals surface area contributed by atoms with Gasteiger partial charge in [-0.2, -0.15) is 0 Å². The largest absolute Gasteiger partial charge is 0.497 e. The van der Waals surface area contributed by atoms with Gasteiger partial charge < -0.3 is 9.47 Å². The van der Waals surface area contributed by atoms with Crippen molar-refractivity contribution in [2.45, 2.75) is 13.1 Å². The number of aromatic nitrogens is 3. The molecule has 0 radical (unpaired) electrons. The number of ether oxygens (including phenoxy) is 2. The SMILES string of the molecule is COc1cc(Cn2c(=O)n(Cc3ccc(Cl)cc3)c(=O)c3ncccc32)cc(OC)c1. The number of pyridine rings is 1. The normalized spacial score (nSPS) is 10.9. The lowest BCUT2D eigenvalue weighted by Crippen LogP contribution is -2.40. The zero-order valence-electron chi connectivity index (χ0n) is 17.0. The van der Waals surface area contributed by atoms with Crippen LogP contribution in [0.15, 0.2) is 70.4 Å². The highest BCUT2D eigenvalue weighted by Crippen LogP contribution is 2.23. The first-order valence-corrected chi connectivity index (χ1v) is 9.92. The third kappa shape index (κ3) is 4.18. The molecule has 0 amide bonds. The van der Waals surface area contributed by atoms with E-state index < -0.39 is 11.2 Å². The molecule has 0 aliphatic rings. The fraction of sp³-hybridized carbons (Fsp3) is 0.174. The highest BCUT2D eigenvalue weighted by Gasteiger charge is 2.15. The number of rotatable bonds is 6. The van der Waals surface area contributed by atoms with Gasteiger partial charge in [-0.3, -0.25) is 13.9 Å². The number of hydrogen-bond acceptors (Lipinski definition) is 5. The number of halogens is 1. The van der Waals surface area contributed by atoms with Crippen molar-refractivity contribution in [3.8, 4) is 11.5 Å². The molecule has 0 aliphatic carbocycles. The maximum atomic E-state index is 13.4. The highest BCUT2D eigenvalue weighted by molar-refractivity contribution is 6.30. The van der Waals surface area contributed by atoms with Gasteiger partial charge in [0.05, 0.1) is 32.8 Å². The van der Waals surface area contributed by atoms with Crippen molar-refractivity contribution in [3.05, 3.63) is 97.8 Å². The number of methoxy groups -OCH3 is 2. The molecule has 0 aliphatic heterocycles. The highest BCUT2D eigenvalue weighted by atomic mass is 35.5. The summed E-state index contributed by atoms with van der Waals surface area (Å²) in [6.07, 6.45) is 1.54. The van der Waals surface area contributed by atoms with E-state index in [9.17, 15) is 9.59 Å². The Morgan fingerprint density at radius 1 is 0.871 bits per heavy atom. The van der Waals surface area contributed by atoms with E-state index in [0.29, 0.717) is 22.0 Å². The first-order chi connectivity index (χ1) is 15.0. The van der Waals surface area contributed by atoms with Crippen molar-refractivity contribution in [2.75, 3.05) is 14.2 Å². The van der Waals surface area contributed by atoms with E-state index in [1.807, 2.05) is 12.1 Å². The second kappa shape index (κ2) is 8.65. The van der Waals surface area contributed by atoms with Crippen LogP contribution in [0, 0.1) is 0 Å². The summed E-state index contributed by atoms with van der Waals surface area (Å²) < 4.78 is 13.4. The Morgan fingerprint density at radius 2 is 1.52 bits per heavy atom. The van der Waals surface area contributed by atoms with Gasteiger partial charge in [0, 0.05) is 17.3 Å². The molecule has 4 aromatic rings. The van der Waals surface area contributed by atoms with E-state index in [1.165, 1.54) is 9.13 Å². The molecule has 0 unspecified atom stereocenters. The van der Waals surface area contributed by atoms with E-state index in [0.717, 1.165) is 11.1 Å². The Labute approximate surface area is 183 Å². The first kappa shape index (κ1) is 20.7. The minimum atomic E-state index is -0.435. The van der Waals surface area contributed by atoms with Crippen molar-refractivity contribution >= 4 is 22.6 Å². The summed E-state index contributed by atoms with van der Waals surface area (Å²) in [4.78, 5) is 30.7. The molecule has 8 heteroatoms. The number of benzene rings is 2. The molecule has 2 aromatic carbocycles. The van der Waals surface area contributed by atoms with Crippen LogP contribution >= 0.6 is 11.6 Å². The summed E-state index contributed by atoms with van der Waals surface area (Å²) in [5.41, 5.74) is 1.41. The minimum Gasteiger partial charge on any atom is -0.497 e. The Hall–Kier alpha value is -3.58.